The Labute approximate surface area is 116 Å². The first kappa shape index (κ1) is 13.0. The van der Waals surface area contributed by atoms with E-state index in [0.717, 1.165) is 6.20 Å². The Morgan fingerprint density at radius 3 is 2.56 bits per heavy atom. The minimum atomic E-state index is -0.601. The number of rotatable bonds is 2. The summed E-state index contributed by atoms with van der Waals surface area (Å²) < 4.78 is 0. The summed E-state index contributed by atoms with van der Waals surface area (Å²) in [4.78, 5) is 17.7. The van der Waals surface area contributed by atoms with Gasteiger partial charge in [-0.2, -0.15) is 0 Å². The van der Waals surface area contributed by atoms with Gasteiger partial charge in [-0.25, -0.2) is 9.97 Å². The van der Waals surface area contributed by atoms with E-state index >= 15 is 0 Å². The number of nitro groups is 1. The minimum Gasteiger partial charge on any atom is -0.258 e. The highest BCUT2D eigenvalue weighted by Crippen LogP contribution is 2.34. The highest BCUT2D eigenvalue weighted by Gasteiger charge is 2.20. The molecule has 0 aliphatic carbocycles. The van der Waals surface area contributed by atoms with Crippen LogP contribution in [0.4, 0.5) is 5.69 Å². The van der Waals surface area contributed by atoms with Gasteiger partial charge in [-0.3, -0.25) is 10.1 Å². The predicted octanol–water partition coefficient (Wildman–Crippen LogP) is 4.01. The van der Waals surface area contributed by atoms with E-state index in [4.69, 9.17) is 34.8 Å². The second kappa shape index (κ2) is 5.06. The van der Waals surface area contributed by atoms with Crippen LogP contribution in [0.25, 0.3) is 11.3 Å². The third-order valence-corrected chi connectivity index (χ3v) is 2.85. The van der Waals surface area contributed by atoms with Crippen molar-refractivity contribution in [2.24, 2.45) is 0 Å². The summed E-state index contributed by atoms with van der Waals surface area (Å²) in [5, 5.41) is 11.5. The van der Waals surface area contributed by atoms with E-state index < -0.39 is 4.92 Å². The molecule has 5 nitrogen and oxygen atoms in total. The maximum Gasteiger partial charge on any atom is 0.313 e. The average molecular weight is 305 g/mol. The molecule has 8 heteroatoms. The van der Waals surface area contributed by atoms with Crippen LogP contribution in [0, 0.1) is 10.1 Å². The van der Waals surface area contributed by atoms with Gasteiger partial charge in [0.15, 0.2) is 5.69 Å². The molecule has 2 aromatic rings. The molecule has 0 fully saturated rings. The van der Waals surface area contributed by atoms with Gasteiger partial charge in [0.2, 0.25) is 5.28 Å². The highest BCUT2D eigenvalue weighted by molar-refractivity contribution is 6.36. The molecule has 0 amide bonds. The lowest BCUT2D eigenvalue weighted by atomic mass is 10.1. The predicted molar refractivity (Wildman–Crippen MR) is 69.2 cm³/mol. The molecule has 0 spiro atoms. The lowest BCUT2D eigenvalue weighted by molar-refractivity contribution is -0.384. The van der Waals surface area contributed by atoms with E-state index in [1.807, 2.05) is 0 Å². The third-order valence-electron chi connectivity index (χ3n) is 2.12. The molecule has 1 heterocycles. The number of hydrogen-bond acceptors (Lipinski definition) is 4. The Hall–Kier alpha value is -1.43. The first-order chi connectivity index (χ1) is 8.49. The lowest BCUT2D eigenvalue weighted by Crippen LogP contribution is -1.97. The maximum absolute atomic E-state index is 10.9. The molecule has 0 bridgehead atoms. The molecule has 0 atom stereocenters. The molecule has 1 aromatic heterocycles. The first-order valence-electron chi connectivity index (χ1n) is 4.61. The van der Waals surface area contributed by atoms with Crippen molar-refractivity contribution in [1.82, 2.24) is 9.97 Å². The van der Waals surface area contributed by atoms with Gasteiger partial charge < -0.3 is 0 Å². The van der Waals surface area contributed by atoms with Crippen LogP contribution in [-0.2, 0) is 0 Å². The lowest BCUT2D eigenvalue weighted by Gasteiger charge is -2.05. The molecule has 92 valence electrons. The number of hydrogen-bond donors (Lipinski definition) is 0. The van der Waals surface area contributed by atoms with Gasteiger partial charge in [0.1, 0.15) is 6.20 Å². The summed E-state index contributed by atoms with van der Waals surface area (Å²) in [5.74, 6) is 0. The summed E-state index contributed by atoms with van der Waals surface area (Å²) in [6, 6.07) is 4.57. The van der Waals surface area contributed by atoms with Gasteiger partial charge in [0, 0.05) is 10.6 Å². The van der Waals surface area contributed by atoms with Crippen molar-refractivity contribution in [1.29, 1.82) is 0 Å². The van der Waals surface area contributed by atoms with Crippen LogP contribution in [0.3, 0.4) is 0 Å². The Balaban J connectivity index is 2.69. The largest absolute Gasteiger partial charge is 0.313 e. The molecule has 0 N–H and O–H groups in total. The molecule has 2 rings (SSSR count). The fourth-order valence-corrected chi connectivity index (χ4v) is 2.00. The van der Waals surface area contributed by atoms with Crippen molar-refractivity contribution < 1.29 is 4.92 Å². The van der Waals surface area contributed by atoms with Crippen LogP contribution in [-0.4, -0.2) is 14.9 Å². The Morgan fingerprint density at radius 1 is 1.22 bits per heavy atom. The highest BCUT2D eigenvalue weighted by atomic mass is 35.5. The summed E-state index contributed by atoms with van der Waals surface area (Å²) in [6.07, 6.45) is 1.04. The Kier molecular flexibility index (Phi) is 3.65. The van der Waals surface area contributed by atoms with Crippen LogP contribution in [0.2, 0.25) is 15.3 Å². The monoisotopic (exact) mass is 303 g/mol. The molecule has 18 heavy (non-hydrogen) atoms. The number of halogens is 3. The fraction of sp³-hybridized carbons (Fsp3) is 0. The molecule has 1 aromatic carbocycles. The van der Waals surface area contributed by atoms with Crippen molar-refractivity contribution in [2.45, 2.75) is 0 Å². The van der Waals surface area contributed by atoms with Gasteiger partial charge in [0.25, 0.3) is 0 Å². The minimum absolute atomic E-state index is 0.0571. The van der Waals surface area contributed by atoms with Gasteiger partial charge in [-0.1, -0.05) is 23.2 Å². The summed E-state index contributed by atoms with van der Waals surface area (Å²) in [6.45, 7) is 0. The van der Waals surface area contributed by atoms with E-state index in [-0.39, 0.29) is 21.7 Å². The normalized spacial score (nSPS) is 10.4. The molecule has 0 radical (unpaired) electrons. The zero-order chi connectivity index (χ0) is 13.3. The molecule has 0 saturated carbocycles. The molecule has 0 saturated heterocycles. The van der Waals surface area contributed by atoms with E-state index in [1.165, 1.54) is 12.1 Å². The smallest absolute Gasteiger partial charge is 0.258 e. The fourth-order valence-electron chi connectivity index (χ4n) is 1.37. The van der Waals surface area contributed by atoms with Gasteiger partial charge in [0.05, 0.1) is 9.95 Å². The second-order valence-corrected chi connectivity index (χ2v) is 4.44. The first-order valence-corrected chi connectivity index (χ1v) is 5.75. The molecule has 0 unspecified atom stereocenters. The van der Waals surface area contributed by atoms with Gasteiger partial charge >= 0.3 is 5.69 Å². The van der Waals surface area contributed by atoms with E-state index in [1.54, 1.807) is 6.07 Å². The van der Waals surface area contributed by atoms with Crippen LogP contribution < -0.4 is 0 Å². The van der Waals surface area contributed by atoms with Crippen molar-refractivity contribution in [3.63, 3.8) is 0 Å². The number of benzene rings is 1. The zero-order valence-electron chi connectivity index (χ0n) is 8.60. The van der Waals surface area contributed by atoms with Crippen LogP contribution in [0.1, 0.15) is 0 Å². The van der Waals surface area contributed by atoms with Crippen molar-refractivity contribution in [3.05, 3.63) is 49.8 Å². The topological polar surface area (TPSA) is 68.9 Å². The van der Waals surface area contributed by atoms with E-state index in [2.05, 4.69) is 9.97 Å². The van der Waals surface area contributed by atoms with Crippen LogP contribution in [0.5, 0.6) is 0 Å². The Bertz CT molecular complexity index is 634. The zero-order valence-corrected chi connectivity index (χ0v) is 10.9. The SMILES string of the molecule is O=[N+]([O-])c1cnc(Cl)nc1-c1ccc(Cl)cc1Cl. The van der Waals surface area contributed by atoms with Crippen LogP contribution in [0.15, 0.2) is 24.4 Å². The van der Waals surface area contributed by atoms with E-state index in [0.29, 0.717) is 10.6 Å². The standard InChI is InChI=1S/C10H4Cl3N3O2/c11-5-1-2-6(7(12)3-5)9-8(16(17)18)4-14-10(13)15-9/h1-4H. The van der Waals surface area contributed by atoms with Crippen molar-refractivity contribution in [3.8, 4) is 11.3 Å². The van der Waals surface area contributed by atoms with Gasteiger partial charge in [-0.05, 0) is 29.8 Å². The average Bonchev–Trinajstić information content (AvgIpc) is 2.28. The maximum atomic E-state index is 10.9. The summed E-state index contributed by atoms with van der Waals surface area (Å²) in [7, 11) is 0. The quantitative estimate of drug-likeness (QED) is 0.477. The molecular weight excluding hydrogens is 300 g/mol. The summed E-state index contributed by atoms with van der Waals surface area (Å²) in [5.41, 5.74) is 0.155. The van der Waals surface area contributed by atoms with Crippen molar-refractivity contribution in [2.75, 3.05) is 0 Å². The van der Waals surface area contributed by atoms with E-state index in [9.17, 15) is 10.1 Å². The second-order valence-electron chi connectivity index (χ2n) is 3.25. The number of aromatic nitrogens is 2. The Morgan fingerprint density at radius 2 is 1.94 bits per heavy atom. The summed E-state index contributed by atoms with van der Waals surface area (Å²) >= 11 is 17.4. The molecular formula is C10H4Cl3N3O2. The molecule has 0 aliphatic rings. The van der Waals surface area contributed by atoms with Crippen LogP contribution >= 0.6 is 34.8 Å². The number of nitrogens with zero attached hydrogens (tertiary/aromatic N) is 3. The van der Waals surface area contributed by atoms with Gasteiger partial charge in [-0.15, -0.1) is 0 Å². The van der Waals surface area contributed by atoms with Crippen molar-refractivity contribution >= 4 is 40.5 Å². The molecule has 0 aliphatic heterocycles. The third kappa shape index (κ3) is 2.53.